The van der Waals surface area contributed by atoms with E-state index in [0.717, 1.165) is 11.4 Å². The van der Waals surface area contributed by atoms with Gasteiger partial charge in [0, 0.05) is 11.4 Å². The lowest BCUT2D eigenvalue weighted by molar-refractivity contribution is -0.121. The maximum Gasteiger partial charge on any atom is 0.244 e. The second kappa shape index (κ2) is 8.44. The zero-order valence-electron chi connectivity index (χ0n) is 14.1. The molecule has 1 fully saturated rings. The monoisotopic (exact) mass is 378 g/mol. The fraction of sp³-hybridized carbons (Fsp3) is 0.471. The van der Waals surface area contributed by atoms with Gasteiger partial charge >= 0.3 is 0 Å². The Labute approximate surface area is 156 Å². The maximum atomic E-state index is 12.0. The summed E-state index contributed by atoms with van der Waals surface area (Å²) in [5, 5.41) is 6.38. The number of thiocarbonyl (C=S) groups is 1. The first-order valence-electron chi connectivity index (χ1n) is 8.45. The summed E-state index contributed by atoms with van der Waals surface area (Å²) in [5.41, 5.74) is 6.11. The van der Waals surface area contributed by atoms with Crippen LogP contribution in [0.2, 0.25) is 0 Å². The van der Waals surface area contributed by atoms with Crippen LogP contribution < -0.4 is 16.2 Å². The quantitative estimate of drug-likeness (QED) is 0.561. The van der Waals surface area contributed by atoms with E-state index in [4.69, 9.17) is 16.6 Å². The van der Waals surface area contributed by atoms with E-state index in [2.05, 4.69) is 28.1 Å². The number of nitrogens with one attached hydrogen (secondary N) is 3. The molecule has 0 spiro atoms. The molecule has 25 heavy (non-hydrogen) atoms. The lowest BCUT2D eigenvalue weighted by atomic mass is 9.86. The first kappa shape index (κ1) is 17.9. The average Bonchev–Trinajstić information content (AvgIpc) is 3.26. The van der Waals surface area contributed by atoms with Gasteiger partial charge in [0.2, 0.25) is 5.91 Å². The molecule has 0 aromatic carbocycles. The highest BCUT2D eigenvalue weighted by molar-refractivity contribution is 7.80. The van der Waals surface area contributed by atoms with Gasteiger partial charge in [0.1, 0.15) is 0 Å². The van der Waals surface area contributed by atoms with Crippen LogP contribution in [0.5, 0.6) is 0 Å². The smallest absolute Gasteiger partial charge is 0.244 e. The zero-order valence-corrected chi connectivity index (χ0v) is 15.7. The molecule has 2 aromatic rings. The molecule has 0 aliphatic heterocycles. The molecular weight excluding hydrogens is 356 g/mol. The van der Waals surface area contributed by atoms with E-state index in [-0.39, 0.29) is 12.3 Å². The minimum atomic E-state index is -0.183. The highest BCUT2D eigenvalue weighted by Crippen LogP contribution is 2.24. The molecule has 0 saturated heterocycles. The van der Waals surface area contributed by atoms with Crippen LogP contribution in [-0.4, -0.2) is 22.0 Å². The fourth-order valence-corrected chi connectivity index (χ4v) is 3.96. The number of nitrogens with zero attached hydrogens (tertiary/aromatic N) is 1. The highest BCUT2D eigenvalue weighted by Gasteiger charge is 2.21. The van der Waals surface area contributed by atoms with Crippen molar-refractivity contribution in [1.82, 2.24) is 21.2 Å². The van der Waals surface area contributed by atoms with Crippen LogP contribution in [0, 0.1) is 5.92 Å². The Hall–Kier alpha value is -1.93. The van der Waals surface area contributed by atoms with Gasteiger partial charge in [-0.25, -0.2) is 4.98 Å². The SMILES string of the molecule is CC1CCCCC1NC(=S)NNC(=O)Cc1csc(-c2ccco2)n1. The number of hydrogen-bond donors (Lipinski definition) is 3. The van der Waals surface area contributed by atoms with Gasteiger partial charge in [0.15, 0.2) is 15.9 Å². The Kier molecular flexibility index (Phi) is 6.04. The molecule has 2 unspecified atom stereocenters. The molecular formula is C17H22N4O2S2. The molecule has 2 aromatic heterocycles. The van der Waals surface area contributed by atoms with Crippen LogP contribution in [-0.2, 0) is 11.2 Å². The van der Waals surface area contributed by atoms with Crippen LogP contribution in [0.3, 0.4) is 0 Å². The van der Waals surface area contributed by atoms with Crippen LogP contribution in [0.15, 0.2) is 28.2 Å². The van der Waals surface area contributed by atoms with Gasteiger partial charge in [-0.3, -0.25) is 15.6 Å². The van der Waals surface area contributed by atoms with E-state index in [1.807, 2.05) is 17.5 Å². The first-order chi connectivity index (χ1) is 12.1. The third kappa shape index (κ3) is 5.02. The molecule has 0 radical (unpaired) electrons. The molecule has 1 aliphatic rings. The molecule has 134 valence electrons. The summed E-state index contributed by atoms with van der Waals surface area (Å²) in [6.45, 7) is 2.23. The summed E-state index contributed by atoms with van der Waals surface area (Å²) in [6.07, 6.45) is 6.63. The first-order valence-corrected chi connectivity index (χ1v) is 9.74. The van der Waals surface area contributed by atoms with Crippen molar-refractivity contribution < 1.29 is 9.21 Å². The van der Waals surface area contributed by atoms with Crippen molar-refractivity contribution in [2.75, 3.05) is 0 Å². The Morgan fingerprint density at radius 2 is 2.24 bits per heavy atom. The Morgan fingerprint density at radius 3 is 3.00 bits per heavy atom. The van der Waals surface area contributed by atoms with E-state index >= 15 is 0 Å². The summed E-state index contributed by atoms with van der Waals surface area (Å²) in [6, 6.07) is 4.04. The lowest BCUT2D eigenvalue weighted by Crippen LogP contribution is -2.51. The number of hydrazine groups is 1. The number of rotatable bonds is 4. The number of carbonyl (C=O) groups excluding carboxylic acids is 1. The molecule has 1 amide bonds. The normalized spacial score (nSPS) is 20.0. The molecule has 1 saturated carbocycles. The summed E-state index contributed by atoms with van der Waals surface area (Å²) >= 11 is 6.72. The third-order valence-corrected chi connectivity index (χ3v) is 5.49. The molecule has 2 atom stereocenters. The van der Waals surface area contributed by atoms with Crippen molar-refractivity contribution in [2.45, 2.75) is 45.1 Å². The number of thiazole rings is 1. The van der Waals surface area contributed by atoms with E-state index in [9.17, 15) is 4.79 Å². The Bertz CT molecular complexity index is 714. The fourth-order valence-electron chi connectivity index (χ4n) is 2.97. The predicted molar refractivity (Wildman–Crippen MR) is 102 cm³/mol. The summed E-state index contributed by atoms with van der Waals surface area (Å²) < 4.78 is 5.31. The number of furan rings is 1. The van der Waals surface area contributed by atoms with Crippen molar-refractivity contribution in [1.29, 1.82) is 0 Å². The van der Waals surface area contributed by atoms with E-state index in [1.165, 1.54) is 30.6 Å². The highest BCUT2D eigenvalue weighted by atomic mass is 32.1. The Morgan fingerprint density at radius 1 is 1.40 bits per heavy atom. The van der Waals surface area contributed by atoms with Crippen molar-refractivity contribution in [3.63, 3.8) is 0 Å². The minimum absolute atomic E-state index is 0.183. The topological polar surface area (TPSA) is 79.2 Å². The van der Waals surface area contributed by atoms with Gasteiger partial charge in [-0.2, -0.15) is 0 Å². The number of hydrogen-bond acceptors (Lipinski definition) is 5. The van der Waals surface area contributed by atoms with Crippen LogP contribution >= 0.6 is 23.6 Å². The molecule has 3 rings (SSSR count). The summed E-state index contributed by atoms with van der Waals surface area (Å²) in [7, 11) is 0. The zero-order chi connectivity index (χ0) is 17.6. The van der Waals surface area contributed by atoms with Gasteiger partial charge in [0.05, 0.1) is 18.4 Å². The average molecular weight is 379 g/mol. The number of carbonyl (C=O) groups is 1. The second-order valence-corrected chi connectivity index (χ2v) is 7.58. The standard InChI is InChI=1S/C17H22N4O2S2/c1-11-5-2-3-6-13(11)19-17(24)21-20-15(22)9-12-10-25-16(18-12)14-7-4-8-23-14/h4,7-8,10-11,13H,2-3,5-6,9H2,1H3,(H,20,22)(H2,19,21,24). The van der Waals surface area contributed by atoms with Gasteiger partial charge in [-0.15, -0.1) is 11.3 Å². The van der Waals surface area contributed by atoms with Crippen molar-refractivity contribution in [3.05, 3.63) is 29.5 Å². The van der Waals surface area contributed by atoms with Gasteiger partial charge in [-0.1, -0.05) is 19.8 Å². The largest absolute Gasteiger partial charge is 0.462 e. The molecule has 2 heterocycles. The second-order valence-electron chi connectivity index (χ2n) is 6.31. The number of amides is 1. The van der Waals surface area contributed by atoms with Crippen molar-refractivity contribution >= 4 is 34.6 Å². The molecule has 8 heteroatoms. The lowest BCUT2D eigenvalue weighted by Gasteiger charge is -2.30. The summed E-state index contributed by atoms with van der Waals surface area (Å²) in [5.74, 6) is 1.12. The summed E-state index contributed by atoms with van der Waals surface area (Å²) in [4.78, 5) is 16.5. The van der Waals surface area contributed by atoms with Crippen LogP contribution in [0.1, 0.15) is 38.3 Å². The predicted octanol–water partition coefficient (Wildman–Crippen LogP) is 3.02. The minimum Gasteiger partial charge on any atom is -0.462 e. The van der Waals surface area contributed by atoms with Crippen LogP contribution in [0.4, 0.5) is 0 Å². The van der Waals surface area contributed by atoms with Gasteiger partial charge in [-0.05, 0) is 43.1 Å². The third-order valence-electron chi connectivity index (χ3n) is 4.37. The number of aromatic nitrogens is 1. The molecule has 0 bridgehead atoms. The van der Waals surface area contributed by atoms with Crippen molar-refractivity contribution in [2.24, 2.45) is 5.92 Å². The van der Waals surface area contributed by atoms with Gasteiger partial charge in [0.25, 0.3) is 0 Å². The van der Waals surface area contributed by atoms with Gasteiger partial charge < -0.3 is 9.73 Å². The Balaban J connectivity index is 1.42. The maximum absolute atomic E-state index is 12.0. The van der Waals surface area contributed by atoms with Crippen molar-refractivity contribution in [3.8, 4) is 10.8 Å². The molecule has 1 aliphatic carbocycles. The molecule has 3 N–H and O–H groups in total. The molecule has 6 nitrogen and oxygen atoms in total. The van der Waals surface area contributed by atoms with E-state index in [1.54, 1.807) is 6.26 Å². The van der Waals surface area contributed by atoms with Crippen LogP contribution in [0.25, 0.3) is 10.8 Å². The van der Waals surface area contributed by atoms with E-state index < -0.39 is 0 Å². The van der Waals surface area contributed by atoms with E-state index in [0.29, 0.717) is 28.5 Å².